The van der Waals surface area contributed by atoms with Gasteiger partial charge in [0.25, 0.3) is 0 Å². The summed E-state index contributed by atoms with van der Waals surface area (Å²) in [5, 5.41) is 9.70. The summed E-state index contributed by atoms with van der Waals surface area (Å²) >= 11 is 0. The Morgan fingerprint density at radius 2 is 2.13 bits per heavy atom. The van der Waals surface area contributed by atoms with E-state index >= 15 is 0 Å². The Morgan fingerprint density at radius 1 is 1.40 bits per heavy atom. The molecule has 1 nitrogen and oxygen atoms in total. The maximum absolute atomic E-state index is 13.1. The van der Waals surface area contributed by atoms with Crippen molar-refractivity contribution >= 4 is 0 Å². The van der Waals surface area contributed by atoms with Crippen LogP contribution in [0.4, 0.5) is 4.39 Å². The van der Waals surface area contributed by atoms with Crippen LogP contribution in [0.15, 0.2) is 18.2 Å². The lowest BCUT2D eigenvalue weighted by molar-refractivity contribution is 0.142. The molecule has 0 aromatic heterocycles. The highest BCUT2D eigenvalue weighted by Crippen LogP contribution is 2.34. The average molecular weight is 208 g/mol. The van der Waals surface area contributed by atoms with Gasteiger partial charge in [-0.25, -0.2) is 4.39 Å². The van der Waals surface area contributed by atoms with Crippen molar-refractivity contribution in [3.05, 3.63) is 35.1 Å². The average Bonchev–Trinajstić information content (AvgIpc) is 2.95. The third-order valence-corrected chi connectivity index (χ3v) is 3.00. The van der Waals surface area contributed by atoms with Gasteiger partial charge in [-0.15, -0.1) is 0 Å². The molecule has 1 atom stereocenters. The van der Waals surface area contributed by atoms with E-state index in [4.69, 9.17) is 0 Å². The monoisotopic (exact) mass is 208 g/mol. The van der Waals surface area contributed by atoms with Crippen molar-refractivity contribution in [1.29, 1.82) is 0 Å². The normalized spacial score (nSPS) is 17.8. The molecule has 0 heterocycles. The number of aliphatic hydroxyl groups is 1. The van der Waals surface area contributed by atoms with Gasteiger partial charge in [0.15, 0.2) is 0 Å². The van der Waals surface area contributed by atoms with Gasteiger partial charge < -0.3 is 5.11 Å². The molecule has 1 fully saturated rings. The summed E-state index contributed by atoms with van der Waals surface area (Å²) in [6.07, 6.45) is 3.66. The first kappa shape index (κ1) is 10.6. The van der Waals surface area contributed by atoms with Crippen LogP contribution in [0.2, 0.25) is 0 Å². The molecule has 1 unspecified atom stereocenters. The molecule has 1 saturated carbocycles. The Hall–Kier alpha value is -0.890. The van der Waals surface area contributed by atoms with Crippen LogP contribution >= 0.6 is 0 Å². The van der Waals surface area contributed by atoms with Crippen molar-refractivity contribution in [2.45, 2.75) is 38.7 Å². The summed E-state index contributed by atoms with van der Waals surface area (Å²) in [6.45, 7) is 1.89. The molecule has 0 spiro atoms. The number of aryl methyl sites for hydroxylation is 2. The van der Waals surface area contributed by atoms with E-state index in [1.165, 1.54) is 6.07 Å². The topological polar surface area (TPSA) is 20.2 Å². The minimum atomic E-state index is -0.187. The van der Waals surface area contributed by atoms with Gasteiger partial charge in [-0.3, -0.25) is 0 Å². The van der Waals surface area contributed by atoms with E-state index < -0.39 is 0 Å². The molecule has 15 heavy (non-hydrogen) atoms. The van der Waals surface area contributed by atoms with Crippen molar-refractivity contribution in [3.8, 4) is 0 Å². The quantitative estimate of drug-likeness (QED) is 0.806. The van der Waals surface area contributed by atoms with E-state index in [2.05, 4.69) is 0 Å². The first-order valence-corrected chi connectivity index (χ1v) is 5.59. The van der Waals surface area contributed by atoms with E-state index in [-0.39, 0.29) is 11.9 Å². The molecule has 1 aliphatic carbocycles. The number of aliphatic hydroxyl groups excluding tert-OH is 1. The number of rotatable bonds is 4. The lowest BCUT2D eigenvalue weighted by Crippen LogP contribution is -2.10. The van der Waals surface area contributed by atoms with Crippen molar-refractivity contribution in [3.63, 3.8) is 0 Å². The summed E-state index contributed by atoms with van der Waals surface area (Å²) in [4.78, 5) is 0. The number of hydrogen-bond acceptors (Lipinski definition) is 1. The van der Waals surface area contributed by atoms with Gasteiger partial charge in [0.2, 0.25) is 0 Å². The lowest BCUT2D eigenvalue weighted by Gasteiger charge is -2.09. The summed E-state index contributed by atoms with van der Waals surface area (Å²) in [6, 6.07) is 5.08. The zero-order valence-corrected chi connectivity index (χ0v) is 9.04. The fraction of sp³-hybridized carbons (Fsp3) is 0.538. The number of hydrogen-bond donors (Lipinski definition) is 1. The highest BCUT2D eigenvalue weighted by Gasteiger charge is 2.29. The third-order valence-electron chi connectivity index (χ3n) is 3.00. The smallest absolute Gasteiger partial charge is 0.123 e. The first-order valence-electron chi connectivity index (χ1n) is 5.59. The number of benzene rings is 1. The second-order valence-corrected chi connectivity index (χ2v) is 4.58. The van der Waals surface area contributed by atoms with Crippen LogP contribution in [0.3, 0.4) is 0 Å². The van der Waals surface area contributed by atoms with Gasteiger partial charge in [-0.05, 0) is 61.8 Å². The summed E-state index contributed by atoms with van der Waals surface area (Å²) in [5.41, 5.74) is 1.94. The molecule has 1 aliphatic rings. The predicted octanol–water partition coefficient (Wildman–Crippen LogP) is 2.84. The van der Waals surface area contributed by atoms with Gasteiger partial charge in [-0.2, -0.15) is 0 Å². The van der Waals surface area contributed by atoms with E-state index in [1.807, 2.05) is 13.0 Å². The van der Waals surface area contributed by atoms with Crippen LogP contribution < -0.4 is 0 Å². The highest BCUT2D eigenvalue weighted by molar-refractivity contribution is 5.23. The van der Waals surface area contributed by atoms with Gasteiger partial charge in [-0.1, -0.05) is 6.07 Å². The molecule has 0 radical (unpaired) electrons. The second-order valence-electron chi connectivity index (χ2n) is 4.58. The van der Waals surface area contributed by atoms with Gasteiger partial charge >= 0.3 is 0 Å². The molecule has 2 rings (SSSR count). The SMILES string of the molecule is Cc1cc(F)cc(CCC(O)C2CC2)c1. The Labute approximate surface area is 89.9 Å². The van der Waals surface area contributed by atoms with Crippen LogP contribution in [0.1, 0.15) is 30.4 Å². The Kier molecular flexibility index (Phi) is 3.06. The van der Waals surface area contributed by atoms with E-state index in [0.29, 0.717) is 5.92 Å². The second kappa shape index (κ2) is 4.31. The fourth-order valence-electron chi connectivity index (χ4n) is 1.99. The molecule has 82 valence electrons. The molecule has 1 N–H and O–H groups in total. The van der Waals surface area contributed by atoms with Crippen molar-refractivity contribution < 1.29 is 9.50 Å². The lowest BCUT2D eigenvalue weighted by atomic mass is 10.0. The molecular formula is C13H17FO. The Morgan fingerprint density at radius 3 is 2.73 bits per heavy atom. The molecule has 1 aromatic carbocycles. The van der Waals surface area contributed by atoms with Gasteiger partial charge in [0.1, 0.15) is 5.82 Å². The van der Waals surface area contributed by atoms with Crippen LogP contribution in [-0.4, -0.2) is 11.2 Å². The first-order chi connectivity index (χ1) is 7.15. The number of halogens is 1. The molecular weight excluding hydrogens is 191 g/mol. The van der Waals surface area contributed by atoms with Crippen LogP contribution in [0, 0.1) is 18.7 Å². The summed E-state index contributed by atoms with van der Waals surface area (Å²) in [5.74, 6) is 0.338. The zero-order valence-electron chi connectivity index (χ0n) is 9.04. The summed E-state index contributed by atoms with van der Waals surface area (Å²) < 4.78 is 13.1. The zero-order chi connectivity index (χ0) is 10.8. The standard InChI is InChI=1S/C13H17FO/c1-9-6-10(8-12(14)7-9)2-5-13(15)11-3-4-11/h6-8,11,13,15H,2-5H2,1H3. The maximum Gasteiger partial charge on any atom is 0.123 e. The Balaban J connectivity index is 1.91. The molecule has 0 amide bonds. The fourth-order valence-corrected chi connectivity index (χ4v) is 1.99. The minimum absolute atomic E-state index is 0.175. The third kappa shape index (κ3) is 3.03. The largest absolute Gasteiger partial charge is 0.393 e. The molecule has 2 heteroatoms. The van der Waals surface area contributed by atoms with E-state index in [0.717, 1.165) is 36.8 Å². The predicted molar refractivity (Wildman–Crippen MR) is 58.2 cm³/mol. The van der Waals surface area contributed by atoms with Gasteiger partial charge in [0.05, 0.1) is 6.10 Å². The molecule has 0 bridgehead atoms. The summed E-state index contributed by atoms with van der Waals surface area (Å²) in [7, 11) is 0. The van der Waals surface area contributed by atoms with Crippen molar-refractivity contribution in [2.24, 2.45) is 5.92 Å². The van der Waals surface area contributed by atoms with Crippen molar-refractivity contribution in [1.82, 2.24) is 0 Å². The van der Waals surface area contributed by atoms with E-state index in [9.17, 15) is 9.50 Å². The van der Waals surface area contributed by atoms with E-state index in [1.54, 1.807) is 6.07 Å². The van der Waals surface area contributed by atoms with Crippen molar-refractivity contribution in [2.75, 3.05) is 0 Å². The maximum atomic E-state index is 13.1. The Bertz CT molecular complexity index is 324. The van der Waals surface area contributed by atoms with Crippen LogP contribution in [0.25, 0.3) is 0 Å². The molecule has 0 saturated heterocycles. The van der Waals surface area contributed by atoms with Gasteiger partial charge in [0, 0.05) is 0 Å². The molecule has 1 aromatic rings. The van der Waals surface area contributed by atoms with Crippen LogP contribution in [0.5, 0.6) is 0 Å². The molecule has 0 aliphatic heterocycles. The minimum Gasteiger partial charge on any atom is -0.393 e. The highest BCUT2D eigenvalue weighted by atomic mass is 19.1. The van der Waals surface area contributed by atoms with Crippen LogP contribution in [-0.2, 0) is 6.42 Å².